The van der Waals surface area contributed by atoms with Crippen LogP contribution >= 0.6 is 0 Å². The van der Waals surface area contributed by atoms with Crippen molar-refractivity contribution in [1.82, 2.24) is 15.5 Å². The molecule has 1 aromatic carbocycles. The molecule has 25 heavy (non-hydrogen) atoms. The summed E-state index contributed by atoms with van der Waals surface area (Å²) in [7, 11) is 0. The third-order valence-corrected chi connectivity index (χ3v) is 4.75. The van der Waals surface area contributed by atoms with Gasteiger partial charge in [-0.1, -0.05) is 44.2 Å². The van der Waals surface area contributed by atoms with Crippen LogP contribution in [0.25, 0.3) is 0 Å². The number of nitrogens with one attached hydrogen (secondary N) is 2. The molecule has 1 aromatic rings. The predicted octanol–water partition coefficient (Wildman–Crippen LogP) is 1.76. The molecule has 0 aromatic heterocycles. The molecule has 0 saturated carbocycles. The van der Waals surface area contributed by atoms with E-state index >= 15 is 0 Å². The van der Waals surface area contributed by atoms with E-state index in [1.807, 2.05) is 30.3 Å². The van der Waals surface area contributed by atoms with E-state index in [-0.39, 0.29) is 30.1 Å². The minimum atomic E-state index is -0.209. The number of hydrogen-bond donors (Lipinski definition) is 2. The van der Waals surface area contributed by atoms with Gasteiger partial charge in [-0.2, -0.15) is 0 Å². The van der Waals surface area contributed by atoms with E-state index in [1.54, 1.807) is 4.90 Å². The number of urea groups is 1. The monoisotopic (exact) mass is 345 g/mol. The zero-order valence-electron chi connectivity index (χ0n) is 14.9. The van der Waals surface area contributed by atoms with Crippen molar-refractivity contribution in [1.29, 1.82) is 0 Å². The minimum absolute atomic E-state index is 0.0146. The lowest BCUT2D eigenvalue weighted by Gasteiger charge is -2.33. The number of carbonyl (C=O) groups excluding carboxylic acids is 2. The molecule has 0 radical (unpaired) electrons. The molecule has 3 rings (SSSR count). The highest BCUT2D eigenvalue weighted by Gasteiger charge is 2.45. The number of nitrogens with zero attached hydrogens (tertiary/aromatic N) is 1. The van der Waals surface area contributed by atoms with Gasteiger partial charge in [0, 0.05) is 26.2 Å². The molecule has 2 saturated heterocycles. The lowest BCUT2D eigenvalue weighted by molar-refractivity contribution is -0.127. The van der Waals surface area contributed by atoms with Gasteiger partial charge in [0.05, 0.1) is 18.1 Å². The van der Waals surface area contributed by atoms with Crippen molar-refractivity contribution in [3.8, 4) is 0 Å². The van der Waals surface area contributed by atoms with Crippen LogP contribution < -0.4 is 10.6 Å². The summed E-state index contributed by atoms with van der Waals surface area (Å²) < 4.78 is 5.91. The second-order valence-corrected chi connectivity index (χ2v) is 7.33. The van der Waals surface area contributed by atoms with Gasteiger partial charge in [-0.3, -0.25) is 4.79 Å². The molecule has 0 unspecified atom stereocenters. The van der Waals surface area contributed by atoms with Crippen molar-refractivity contribution in [2.45, 2.75) is 39.0 Å². The standard InChI is InChI=1S/C19H27N3O3/c1-13(2)9-21-19(24)22-11-15-8-16(17(12-22)25-15)18(23)20-10-14-6-4-3-5-7-14/h3-7,13,15-17H,8-12H2,1-2H3,(H,20,23)(H,21,24)/t15-,16+,17-/m1/s1. The van der Waals surface area contributed by atoms with Crippen molar-refractivity contribution >= 4 is 11.9 Å². The highest BCUT2D eigenvalue weighted by Crippen LogP contribution is 2.32. The van der Waals surface area contributed by atoms with Crippen LogP contribution in [-0.4, -0.2) is 48.7 Å². The Hall–Kier alpha value is -2.08. The number of rotatable bonds is 5. The second-order valence-electron chi connectivity index (χ2n) is 7.33. The van der Waals surface area contributed by atoms with Gasteiger partial charge in [0.25, 0.3) is 0 Å². The molecule has 0 spiro atoms. The first kappa shape index (κ1) is 17.7. The zero-order valence-corrected chi connectivity index (χ0v) is 14.9. The smallest absolute Gasteiger partial charge is 0.317 e. The number of morpholine rings is 1. The number of benzene rings is 1. The van der Waals surface area contributed by atoms with Gasteiger partial charge in [0.15, 0.2) is 0 Å². The normalized spacial score (nSPS) is 25.1. The Morgan fingerprint density at radius 1 is 1.20 bits per heavy atom. The zero-order chi connectivity index (χ0) is 17.8. The summed E-state index contributed by atoms with van der Waals surface area (Å²) in [6.45, 7) is 6.35. The van der Waals surface area contributed by atoms with Gasteiger partial charge in [0.1, 0.15) is 0 Å². The number of ether oxygens (including phenoxy) is 1. The molecule has 0 aliphatic carbocycles. The number of likely N-dealkylation sites (tertiary alicyclic amines) is 1. The van der Waals surface area contributed by atoms with Crippen LogP contribution in [0, 0.1) is 11.8 Å². The number of hydrogen-bond acceptors (Lipinski definition) is 3. The van der Waals surface area contributed by atoms with Crippen molar-refractivity contribution < 1.29 is 14.3 Å². The fourth-order valence-electron chi connectivity index (χ4n) is 3.42. The average molecular weight is 345 g/mol. The van der Waals surface area contributed by atoms with E-state index in [0.29, 0.717) is 38.5 Å². The molecule has 2 bridgehead atoms. The van der Waals surface area contributed by atoms with Crippen LogP contribution in [0.15, 0.2) is 30.3 Å². The molecule has 2 aliphatic heterocycles. The maximum atomic E-state index is 12.5. The Labute approximate surface area is 148 Å². The first-order valence-electron chi connectivity index (χ1n) is 9.03. The molecule has 6 nitrogen and oxygen atoms in total. The Morgan fingerprint density at radius 2 is 1.96 bits per heavy atom. The van der Waals surface area contributed by atoms with Gasteiger partial charge >= 0.3 is 6.03 Å². The van der Waals surface area contributed by atoms with E-state index in [1.165, 1.54) is 0 Å². The highest BCUT2D eigenvalue weighted by molar-refractivity contribution is 5.80. The first-order chi connectivity index (χ1) is 12.0. The van der Waals surface area contributed by atoms with Gasteiger partial charge < -0.3 is 20.3 Å². The second kappa shape index (κ2) is 7.87. The lowest BCUT2D eigenvalue weighted by atomic mass is 9.99. The van der Waals surface area contributed by atoms with Crippen LogP contribution in [0.1, 0.15) is 25.8 Å². The SMILES string of the molecule is CC(C)CNC(=O)N1C[C@H]2C[C@H](C(=O)NCc3ccccc3)[C@@H](C1)O2. The third kappa shape index (κ3) is 4.51. The van der Waals surface area contributed by atoms with E-state index in [4.69, 9.17) is 4.74 Å². The van der Waals surface area contributed by atoms with E-state index < -0.39 is 0 Å². The maximum Gasteiger partial charge on any atom is 0.317 e. The van der Waals surface area contributed by atoms with Crippen molar-refractivity contribution in [3.05, 3.63) is 35.9 Å². The molecule has 3 atom stereocenters. The molecular formula is C19H27N3O3. The summed E-state index contributed by atoms with van der Waals surface area (Å²) in [5.41, 5.74) is 1.08. The highest BCUT2D eigenvalue weighted by atomic mass is 16.5. The Balaban J connectivity index is 1.52. The topological polar surface area (TPSA) is 70.7 Å². The van der Waals surface area contributed by atoms with Gasteiger partial charge in [-0.15, -0.1) is 0 Å². The molecule has 2 heterocycles. The predicted molar refractivity (Wildman–Crippen MR) is 94.9 cm³/mol. The molecular weight excluding hydrogens is 318 g/mol. The summed E-state index contributed by atoms with van der Waals surface area (Å²) >= 11 is 0. The average Bonchev–Trinajstić information content (AvgIpc) is 2.92. The third-order valence-electron chi connectivity index (χ3n) is 4.75. The van der Waals surface area contributed by atoms with Crippen LogP contribution in [0.5, 0.6) is 0 Å². The molecule has 2 aliphatic rings. The van der Waals surface area contributed by atoms with Crippen molar-refractivity contribution in [2.24, 2.45) is 11.8 Å². The van der Waals surface area contributed by atoms with E-state index in [0.717, 1.165) is 5.56 Å². The van der Waals surface area contributed by atoms with Gasteiger partial charge in [-0.05, 0) is 17.9 Å². The summed E-state index contributed by atoms with van der Waals surface area (Å²) in [5, 5.41) is 5.94. The first-order valence-corrected chi connectivity index (χ1v) is 9.03. The molecule has 2 N–H and O–H groups in total. The minimum Gasteiger partial charge on any atom is -0.370 e. The van der Waals surface area contributed by atoms with Crippen LogP contribution in [0.3, 0.4) is 0 Å². The quantitative estimate of drug-likeness (QED) is 0.854. The molecule has 2 fully saturated rings. The van der Waals surface area contributed by atoms with Gasteiger partial charge in [0.2, 0.25) is 5.91 Å². The lowest BCUT2D eigenvalue weighted by Crippen LogP contribution is -2.51. The van der Waals surface area contributed by atoms with Gasteiger partial charge in [-0.25, -0.2) is 4.79 Å². The van der Waals surface area contributed by atoms with Crippen LogP contribution in [0.2, 0.25) is 0 Å². The number of fused-ring (bicyclic) bond motifs is 2. The molecule has 136 valence electrons. The van der Waals surface area contributed by atoms with Crippen molar-refractivity contribution in [2.75, 3.05) is 19.6 Å². The Kier molecular flexibility index (Phi) is 5.58. The molecule has 3 amide bonds. The fraction of sp³-hybridized carbons (Fsp3) is 0.579. The number of amides is 3. The van der Waals surface area contributed by atoms with Crippen LogP contribution in [0.4, 0.5) is 4.79 Å². The van der Waals surface area contributed by atoms with Crippen molar-refractivity contribution in [3.63, 3.8) is 0 Å². The number of carbonyl (C=O) groups is 2. The maximum absolute atomic E-state index is 12.5. The summed E-state index contributed by atoms with van der Waals surface area (Å²) in [4.78, 5) is 26.6. The van der Waals surface area contributed by atoms with Crippen LogP contribution in [-0.2, 0) is 16.1 Å². The summed E-state index contributed by atoms with van der Waals surface area (Å²) in [5.74, 6) is 0.246. The van der Waals surface area contributed by atoms with E-state index in [9.17, 15) is 9.59 Å². The van der Waals surface area contributed by atoms with E-state index in [2.05, 4.69) is 24.5 Å². The fourth-order valence-corrected chi connectivity index (χ4v) is 3.42. The summed E-state index contributed by atoms with van der Waals surface area (Å²) in [6.07, 6.45) is 0.426. The Morgan fingerprint density at radius 3 is 2.68 bits per heavy atom. The molecule has 6 heteroatoms. The largest absolute Gasteiger partial charge is 0.370 e. The Bertz CT molecular complexity index is 605. The summed E-state index contributed by atoms with van der Waals surface area (Å²) in [6, 6.07) is 9.80.